The molecule has 5 rings (SSSR count). The van der Waals surface area contributed by atoms with Crippen LogP contribution in [0.25, 0.3) is 16.6 Å². The number of rotatable bonds is 5. The van der Waals surface area contributed by atoms with Crippen LogP contribution in [0.1, 0.15) is 69.6 Å². The van der Waals surface area contributed by atoms with E-state index in [0.29, 0.717) is 29.9 Å². The predicted molar refractivity (Wildman–Crippen MR) is 145 cm³/mol. The number of nitriles is 1. The molecule has 1 amide bonds. The number of hydrogen-bond acceptors (Lipinski definition) is 7. The lowest BCUT2D eigenvalue weighted by Crippen LogP contribution is -2.43. The van der Waals surface area contributed by atoms with Gasteiger partial charge in [-0.25, -0.2) is 9.31 Å². The standard InChI is InChI=1S/C29H33N7O3/c1-19-24(16-33-36(19)23-9-8-12-34(18-23)28(37)39-29(3,4)5)21-13-26(27-22(14-30)15-32-35(27)17-21)38-20(2)25-10-6-7-11-31-25/h6-7,10-11,13,15-17,20,23H,8-9,12,18H2,1-5H3. The highest BCUT2D eigenvalue weighted by Gasteiger charge is 2.30. The monoisotopic (exact) mass is 527 g/mol. The molecule has 5 heterocycles. The van der Waals surface area contributed by atoms with Gasteiger partial charge < -0.3 is 14.4 Å². The molecule has 0 radical (unpaired) electrons. The van der Waals surface area contributed by atoms with Gasteiger partial charge in [-0.15, -0.1) is 0 Å². The van der Waals surface area contributed by atoms with Crippen LogP contribution in [0.15, 0.2) is 49.1 Å². The van der Waals surface area contributed by atoms with E-state index in [9.17, 15) is 10.1 Å². The van der Waals surface area contributed by atoms with Gasteiger partial charge in [-0.2, -0.15) is 15.5 Å². The lowest BCUT2D eigenvalue weighted by molar-refractivity contribution is 0.0166. The average molecular weight is 528 g/mol. The van der Waals surface area contributed by atoms with Crippen LogP contribution >= 0.6 is 0 Å². The molecule has 202 valence electrons. The molecule has 4 aromatic heterocycles. The van der Waals surface area contributed by atoms with Crippen LogP contribution in [-0.4, -0.2) is 54.1 Å². The largest absolute Gasteiger partial charge is 0.482 e. The minimum absolute atomic E-state index is 0.0403. The molecule has 0 aromatic carbocycles. The van der Waals surface area contributed by atoms with Gasteiger partial charge in [-0.3, -0.25) is 9.67 Å². The lowest BCUT2D eigenvalue weighted by atomic mass is 10.0. The fourth-order valence-corrected chi connectivity index (χ4v) is 4.99. The molecule has 10 heteroatoms. The summed E-state index contributed by atoms with van der Waals surface area (Å²) in [5, 5.41) is 18.8. The maximum Gasteiger partial charge on any atom is 0.410 e. The van der Waals surface area contributed by atoms with Crippen LogP contribution in [0, 0.1) is 18.3 Å². The van der Waals surface area contributed by atoms with Crippen molar-refractivity contribution >= 4 is 11.6 Å². The van der Waals surface area contributed by atoms with E-state index in [0.717, 1.165) is 35.4 Å². The number of nitrogens with zero attached hydrogens (tertiary/aromatic N) is 7. The van der Waals surface area contributed by atoms with E-state index in [1.807, 2.05) is 76.0 Å². The number of fused-ring (bicyclic) bond motifs is 1. The third-order valence-corrected chi connectivity index (χ3v) is 6.86. The smallest absolute Gasteiger partial charge is 0.410 e. The molecule has 2 atom stereocenters. The molecule has 1 fully saturated rings. The number of carbonyl (C=O) groups is 1. The maximum atomic E-state index is 12.7. The summed E-state index contributed by atoms with van der Waals surface area (Å²) in [7, 11) is 0. The Morgan fingerprint density at radius 3 is 2.77 bits per heavy atom. The van der Waals surface area contributed by atoms with E-state index < -0.39 is 5.60 Å². The van der Waals surface area contributed by atoms with Gasteiger partial charge in [-0.1, -0.05) is 6.07 Å². The van der Waals surface area contributed by atoms with Crippen molar-refractivity contribution in [1.82, 2.24) is 29.3 Å². The Hall–Kier alpha value is -4.39. The van der Waals surface area contributed by atoms with Gasteiger partial charge in [0.25, 0.3) is 0 Å². The first-order valence-corrected chi connectivity index (χ1v) is 13.2. The predicted octanol–water partition coefficient (Wildman–Crippen LogP) is 5.48. The molecule has 2 unspecified atom stereocenters. The van der Waals surface area contributed by atoms with Crippen LogP contribution in [0.3, 0.4) is 0 Å². The Bertz CT molecular complexity index is 1530. The van der Waals surface area contributed by atoms with Gasteiger partial charge in [0, 0.05) is 42.3 Å². The van der Waals surface area contributed by atoms with Crippen molar-refractivity contribution in [2.45, 2.75) is 65.2 Å². The van der Waals surface area contributed by atoms with Gasteiger partial charge in [-0.05, 0) is 65.7 Å². The molecule has 1 saturated heterocycles. The highest BCUT2D eigenvalue weighted by Crippen LogP contribution is 2.35. The molecule has 0 aliphatic carbocycles. The van der Waals surface area contributed by atoms with Gasteiger partial charge in [0.15, 0.2) is 0 Å². The van der Waals surface area contributed by atoms with Crippen molar-refractivity contribution in [2.75, 3.05) is 13.1 Å². The molecule has 39 heavy (non-hydrogen) atoms. The van der Waals surface area contributed by atoms with Crippen molar-refractivity contribution in [3.05, 3.63) is 66.0 Å². The zero-order valence-electron chi connectivity index (χ0n) is 23.0. The number of carbonyl (C=O) groups excluding carboxylic acids is 1. The van der Waals surface area contributed by atoms with Crippen LogP contribution in [0.5, 0.6) is 5.75 Å². The average Bonchev–Trinajstić information content (AvgIpc) is 3.51. The zero-order chi connectivity index (χ0) is 27.7. The Kier molecular flexibility index (Phi) is 7.00. The Labute approximate surface area is 227 Å². The third kappa shape index (κ3) is 5.43. The molecule has 4 aromatic rings. The van der Waals surface area contributed by atoms with Gasteiger partial charge in [0.05, 0.1) is 24.1 Å². The fourth-order valence-electron chi connectivity index (χ4n) is 4.99. The molecule has 1 aliphatic heterocycles. The zero-order valence-corrected chi connectivity index (χ0v) is 23.0. The van der Waals surface area contributed by atoms with Crippen LogP contribution < -0.4 is 4.74 Å². The molecule has 10 nitrogen and oxygen atoms in total. The number of piperidine rings is 1. The molecule has 1 aliphatic rings. The van der Waals surface area contributed by atoms with Crippen LogP contribution in [-0.2, 0) is 4.74 Å². The summed E-state index contributed by atoms with van der Waals surface area (Å²) < 4.78 is 15.6. The second-order valence-electron chi connectivity index (χ2n) is 10.9. The highest BCUT2D eigenvalue weighted by atomic mass is 16.6. The topological polar surface area (TPSA) is 111 Å². The molecular weight excluding hydrogens is 494 g/mol. The fraction of sp³-hybridized carbons (Fsp3) is 0.414. The summed E-state index contributed by atoms with van der Waals surface area (Å²) >= 11 is 0. The van der Waals surface area contributed by atoms with Crippen molar-refractivity contribution in [1.29, 1.82) is 5.26 Å². The van der Waals surface area contributed by atoms with Crippen LogP contribution in [0.4, 0.5) is 4.79 Å². The maximum absolute atomic E-state index is 12.7. The second kappa shape index (κ2) is 10.4. The molecular formula is C29H33N7O3. The molecule has 0 spiro atoms. The number of ether oxygens (including phenoxy) is 2. The summed E-state index contributed by atoms with van der Waals surface area (Å²) in [6.07, 6.45) is 8.16. The first-order chi connectivity index (χ1) is 18.6. The van der Waals surface area contributed by atoms with E-state index in [1.165, 1.54) is 0 Å². The first kappa shape index (κ1) is 26.2. The van der Waals surface area contributed by atoms with Crippen molar-refractivity contribution < 1.29 is 14.3 Å². The summed E-state index contributed by atoms with van der Waals surface area (Å²) in [5.74, 6) is 0.542. The minimum Gasteiger partial charge on any atom is -0.482 e. The molecule has 0 saturated carbocycles. The highest BCUT2D eigenvalue weighted by molar-refractivity contribution is 5.76. The van der Waals surface area contributed by atoms with E-state index >= 15 is 0 Å². The molecule has 0 N–H and O–H groups in total. The third-order valence-electron chi connectivity index (χ3n) is 6.86. The number of hydrogen-bond donors (Lipinski definition) is 0. The van der Waals surface area contributed by atoms with E-state index in [-0.39, 0.29) is 18.2 Å². The summed E-state index contributed by atoms with van der Waals surface area (Å²) in [6.45, 7) is 10.8. The van der Waals surface area contributed by atoms with Gasteiger partial charge in [0.1, 0.15) is 34.6 Å². The Balaban J connectivity index is 1.46. The Morgan fingerprint density at radius 2 is 2.05 bits per heavy atom. The number of pyridine rings is 2. The summed E-state index contributed by atoms with van der Waals surface area (Å²) in [5.41, 5.74) is 4.05. The van der Waals surface area contributed by atoms with Crippen molar-refractivity contribution in [3.63, 3.8) is 0 Å². The van der Waals surface area contributed by atoms with Gasteiger partial charge >= 0.3 is 6.09 Å². The SMILES string of the molecule is Cc1c(-c2cc(OC(C)c3ccccn3)c3c(C#N)cnn3c2)cnn1C1CCCN(C(=O)OC(C)(C)C)C1. The quantitative estimate of drug-likeness (QED) is 0.338. The van der Waals surface area contributed by atoms with Crippen molar-refractivity contribution in [2.24, 2.45) is 0 Å². The van der Waals surface area contributed by atoms with E-state index in [1.54, 1.807) is 21.8 Å². The van der Waals surface area contributed by atoms with E-state index in [2.05, 4.69) is 16.2 Å². The summed E-state index contributed by atoms with van der Waals surface area (Å²) in [4.78, 5) is 18.9. The second-order valence-corrected chi connectivity index (χ2v) is 10.9. The summed E-state index contributed by atoms with van der Waals surface area (Å²) in [6, 6.07) is 9.87. The number of aromatic nitrogens is 5. The molecule has 0 bridgehead atoms. The Morgan fingerprint density at radius 1 is 1.23 bits per heavy atom. The van der Waals surface area contributed by atoms with Gasteiger partial charge in [0.2, 0.25) is 0 Å². The normalized spacial score (nSPS) is 16.6. The van der Waals surface area contributed by atoms with E-state index in [4.69, 9.17) is 14.6 Å². The lowest BCUT2D eigenvalue weighted by Gasteiger charge is -2.34. The number of amides is 1. The van der Waals surface area contributed by atoms with Crippen molar-refractivity contribution in [3.8, 4) is 22.9 Å². The number of likely N-dealkylation sites (tertiary alicyclic amines) is 1. The minimum atomic E-state index is -0.538. The van der Waals surface area contributed by atoms with Crippen LogP contribution in [0.2, 0.25) is 0 Å². The first-order valence-electron chi connectivity index (χ1n) is 13.2.